The van der Waals surface area contributed by atoms with Crippen LogP contribution in [0.3, 0.4) is 0 Å². The Hall–Kier alpha value is -1.50. The lowest BCUT2D eigenvalue weighted by Crippen LogP contribution is -2.54. The summed E-state index contributed by atoms with van der Waals surface area (Å²) in [5, 5.41) is 1.04. The van der Waals surface area contributed by atoms with Crippen molar-refractivity contribution in [3.63, 3.8) is 0 Å². The predicted octanol–water partition coefficient (Wildman–Crippen LogP) is 6.43. The van der Waals surface area contributed by atoms with Crippen LogP contribution in [0, 0.1) is 34.5 Å². The Morgan fingerprint density at radius 1 is 1.06 bits per heavy atom. The molecule has 0 radical (unpaired) electrons. The first kappa shape index (κ1) is 24.6. The minimum absolute atomic E-state index is 0.307. The topological polar surface area (TPSA) is 71.1 Å². The number of allylic oxidation sites excluding steroid dienone is 3. The van der Waals surface area contributed by atoms with Gasteiger partial charge in [-0.05, 0) is 54.8 Å². The van der Waals surface area contributed by atoms with Crippen LogP contribution < -0.4 is 0 Å². The molecule has 3 fully saturated rings. The van der Waals surface area contributed by atoms with Crippen molar-refractivity contribution in [2.75, 3.05) is 19.5 Å². The maximum atomic E-state index is 12.2. The quantitative estimate of drug-likeness (QED) is 0.311. The molecule has 0 N–H and O–H groups in total. The number of carbonyl (C=O) groups is 2. The van der Waals surface area contributed by atoms with Gasteiger partial charge in [0.2, 0.25) is 0 Å². The van der Waals surface area contributed by atoms with Crippen LogP contribution in [0.2, 0.25) is 0 Å². The van der Waals surface area contributed by atoms with Crippen molar-refractivity contribution in [3.8, 4) is 0 Å². The van der Waals surface area contributed by atoms with Gasteiger partial charge in [0.25, 0.3) is 0 Å². The summed E-state index contributed by atoms with van der Waals surface area (Å²) in [6.45, 7) is 7.10. The predicted molar refractivity (Wildman–Crippen MR) is 128 cm³/mol. The van der Waals surface area contributed by atoms with Gasteiger partial charge < -0.3 is 18.9 Å². The molecule has 4 aliphatic carbocycles. The van der Waals surface area contributed by atoms with Crippen molar-refractivity contribution in [2.24, 2.45) is 34.5 Å². The smallest absolute Gasteiger partial charge is 0.438 e. The van der Waals surface area contributed by atoms with E-state index in [1.54, 1.807) is 0 Å². The van der Waals surface area contributed by atoms with Crippen LogP contribution in [0.25, 0.3) is 0 Å². The Bertz CT molecular complexity index is 852. The zero-order chi connectivity index (χ0) is 24.0. The number of methoxy groups -OCH3 is 2. The number of ether oxygens (including phenoxy) is 4. The first-order valence-corrected chi connectivity index (χ1v) is 13.3. The lowest BCUT2D eigenvalue weighted by atomic mass is 9.49. The van der Waals surface area contributed by atoms with Crippen LogP contribution in [0.15, 0.2) is 23.3 Å². The maximum Gasteiger partial charge on any atom is 0.508 e. The van der Waals surface area contributed by atoms with Gasteiger partial charge in [-0.25, -0.2) is 9.59 Å². The fraction of sp³-hybridized carbons (Fsp3) is 0.769. The molecule has 0 aliphatic heterocycles. The van der Waals surface area contributed by atoms with Crippen molar-refractivity contribution < 1.29 is 28.5 Å². The molecule has 3 saturated carbocycles. The molecule has 0 aromatic rings. The largest absolute Gasteiger partial charge is 0.508 e. The van der Waals surface area contributed by atoms with Crippen molar-refractivity contribution in [2.45, 2.75) is 71.5 Å². The van der Waals surface area contributed by atoms with Crippen molar-refractivity contribution in [1.29, 1.82) is 0 Å². The van der Waals surface area contributed by atoms with Gasteiger partial charge in [0.1, 0.15) is 12.2 Å². The molecule has 8 atom stereocenters. The Labute approximate surface area is 205 Å². The van der Waals surface area contributed by atoms with Crippen LogP contribution in [0.1, 0.15) is 59.3 Å². The highest BCUT2D eigenvalue weighted by Gasteiger charge is 2.60. The third kappa shape index (κ3) is 4.02. The highest BCUT2D eigenvalue weighted by atomic mass is 79.9. The minimum Gasteiger partial charge on any atom is -0.438 e. The molecule has 0 amide bonds. The summed E-state index contributed by atoms with van der Waals surface area (Å²) >= 11 is 3.72. The van der Waals surface area contributed by atoms with Crippen LogP contribution in [0.4, 0.5) is 9.59 Å². The van der Waals surface area contributed by atoms with E-state index in [1.807, 2.05) is 0 Å². The van der Waals surface area contributed by atoms with E-state index in [-0.39, 0.29) is 5.41 Å². The minimum atomic E-state index is -0.709. The van der Waals surface area contributed by atoms with E-state index in [2.05, 4.69) is 48.9 Å². The van der Waals surface area contributed by atoms with Crippen molar-refractivity contribution in [1.82, 2.24) is 0 Å². The van der Waals surface area contributed by atoms with Crippen LogP contribution in [0.5, 0.6) is 0 Å². The summed E-state index contributed by atoms with van der Waals surface area (Å²) in [5.41, 5.74) is 2.66. The number of alkyl halides is 1. The second-order valence-corrected chi connectivity index (χ2v) is 11.4. The van der Waals surface area contributed by atoms with Crippen molar-refractivity contribution in [3.05, 3.63) is 23.3 Å². The van der Waals surface area contributed by atoms with E-state index < -0.39 is 24.5 Å². The summed E-state index contributed by atoms with van der Waals surface area (Å²) in [7, 11) is 2.63. The average Bonchev–Trinajstić information content (AvgIpc) is 3.16. The van der Waals surface area contributed by atoms with Gasteiger partial charge in [-0.2, -0.15) is 0 Å². The molecule has 6 nitrogen and oxygen atoms in total. The number of rotatable bonds is 4. The molecule has 4 rings (SSSR count). The molecule has 0 aromatic carbocycles. The summed E-state index contributed by atoms with van der Waals surface area (Å²) in [6, 6.07) is 0. The molecule has 7 heteroatoms. The summed E-state index contributed by atoms with van der Waals surface area (Å²) < 4.78 is 20.9. The van der Waals surface area contributed by atoms with Gasteiger partial charge in [-0.1, -0.05) is 60.0 Å². The van der Waals surface area contributed by atoms with E-state index in [4.69, 9.17) is 18.9 Å². The first-order valence-electron chi connectivity index (χ1n) is 12.1. The number of fused-ring (bicyclic) bond motifs is 5. The van der Waals surface area contributed by atoms with E-state index in [9.17, 15) is 9.59 Å². The SMILES string of the molecule is COC(=O)O[C@@H]1CC2=CC=C3[C@@H]4CC[C@H](C(C)CBr)[C@@]4(C)CC[C@@H]3[C@@]2(C)[C@@H](OC(=O)OC)C1. The van der Waals surface area contributed by atoms with Gasteiger partial charge in [-0.3, -0.25) is 0 Å². The first-order chi connectivity index (χ1) is 15.7. The van der Waals surface area contributed by atoms with E-state index in [0.717, 1.165) is 11.8 Å². The highest BCUT2D eigenvalue weighted by Crippen LogP contribution is 2.66. The van der Waals surface area contributed by atoms with Crippen LogP contribution in [-0.2, 0) is 18.9 Å². The third-order valence-electron chi connectivity index (χ3n) is 9.44. The summed E-state index contributed by atoms with van der Waals surface area (Å²) in [4.78, 5) is 24.0. The molecule has 0 saturated heterocycles. The Morgan fingerprint density at radius 3 is 2.42 bits per heavy atom. The molecule has 4 aliphatic rings. The monoisotopic (exact) mass is 524 g/mol. The molecule has 0 spiro atoms. The van der Waals surface area contributed by atoms with Gasteiger partial charge in [-0.15, -0.1) is 0 Å². The summed E-state index contributed by atoms with van der Waals surface area (Å²) in [5.74, 6) is 2.24. The number of hydrogen-bond acceptors (Lipinski definition) is 6. The Morgan fingerprint density at radius 2 is 1.76 bits per heavy atom. The average molecular weight is 525 g/mol. The molecule has 1 unspecified atom stereocenters. The molecular weight excluding hydrogens is 488 g/mol. The zero-order valence-electron chi connectivity index (χ0n) is 20.4. The van der Waals surface area contributed by atoms with E-state index in [1.165, 1.54) is 44.6 Å². The lowest BCUT2D eigenvalue weighted by molar-refractivity contribution is -0.0829. The molecule has 33 heavy (non-hydrogen) atoms. The normalized spacial score (nSPS) is 40.2. The second kappa shape index (κ2) is 9.27. The fourth-order valence-electron chi connectivity index (χ4n) is 7.70. The zero-order valence-corrected chi connectivity index (χ0v) is 22.0. The van der Waals surface area contributed by atoms with Gasteiger partial charge >= 0.3 is 12.3 Å². The van der Waals surface area contributed by atoms with E-state index >= 15 is 0 Å². The molecule has 0 bridgehead atoms. The van der Waals surface area contributed by atoms with Crippen molar-refractivity contribution >= 4 is 28.2 Å². The fourth-order valence-corrected chi connectivity index (χ4v) is 8.15. The van der Waals surface area contributed by atoms with E-state index in [0.29, 0.717) is 41.9 Å². The summed E-state index contributed by atoms with van der Waals surface area (Å²) in [6.07, 6.45) is 8.11. The molecule has 0 aromatic heterocycles. The Kier molecular flexibility index (Phi) is 6.92. The number of hydrogen-bond donors (Lipinski definition) is 0. The number of halogens is 1. The van der Waals surface area contributed by atoms with Crippen LogP contribution in [-0.4, -0.2) is 44.1 Å². The molecular formula is C26H37BrO6. The molecule has 184 valence electrons. The van der Waals surface area contributed by atoms with Crippen LogP contribution >= 0.6 is 15.9 Å². The highest BCUT2D eigenvalue weighted by molar-refractivity contribution is 9.09. The van der Waals surface area contributed by atoms with Gasteiger partial charge in [0.15, 0.2) is 0 Å². The standard InChI is InChI=1S/C26H37BrO6/c1-15(14-27)19-8-9-20-18-7-6-16-12-17(32-23(28)30-4)13-22(33-24(29)31-5)26(16,3)21(18)10-11-25(19,20)2/h6-7,15,17,19-22H,8-14H2,1-5H3/t15?,17-,19-,20+,21+,22+,25-,26+/m1/s1. The maximum absolute atomic E-state index is 12.2. The number of carbonyl (C=O) groups excluding carboxylic acids is 2. The van der Waals surface area contributed by atoms with Gasteiger partial charge in [0.05, 0.1) is 14.2 Å². The third-order valence-corrected chi connectivity index (χ3v) is 10.5. The van der Waals surface area contributed by atoms with Gasteiger partial charge in [0, 0.05) is 23.6 Å². The Balaban J connectivity index is 1.68. The second-order valence-electron chi connectivity index (χ2n) is 10.8. The molecule has 0 heterocycles. The lowest BCUT2D eigenvalue weighted by Gasteiger charge is -2.57.